The predicted molar refractivity (Wildman–Crippen MR) is 73.0 cm³/mol. The number of ether oxygens (including phenoxy) is 1. The lowest BCUT2D eigenvalue weighted by Gasteiger charge is -2.08. The van der Waals surface area contributed by atoms with E-state index in [1.165, 1.54) is 7.11 Å². The van der Waals surface area contributed by atoms with Gasteiger partial charge in [0.15, 0.2) is 4.90 Å². The first-order valence-electron chi connectivity index (χ1n) is 6.02. The molecular formula is C11H16FN3O5S. The van der Waals surface area contributed by atoms with Crippen LogP contribution in [0.15, 0.2) is 23.1 Å². The zero-order valence-electron chi connectivity index (χ0n) is 11.3. The van der Waals surface area contributed by atoms with Crippen molar-refractivity contribution in [3.8, 4) is 0 Å². The molecule has 0 spiro atoms. The van der Waals surface area contributed by atoms with Crippen LogP contribution >= 0.6 is 0 Å². The molecule has 0 aliphatic carbocycles. The molecule has 0 saturated carbocycles. The van der Waals surface area contributed by atoms with Gasteiger partial charge < -0.3 is 10.1 Å². The maximum atomic E-state index is 13.4. The van der Waals surface area contributed by atoms with E-state index in [0.29, 0.717) is 19.7 Å². The third kappa shape index (κ3) is 5.01. The Morgan fingerprint density at radius 3 is 2.67 bits per heavy atom. The minimum atomic E-state index is -4.15. The number of sulfonamides is 1. The summed E-state index contributed by atoms with van der Waals surface area (Å²) < 4.78 is 44.3. The Kier molecular flexibility index (Phi) is 6.62. The summed E-state index contributed by atoms with van der Waals surface area (Å²) >= 11 is 0. The van der Waals surface area contributed by atoms with E-state index in [2.05, 4.69) is 10.0 Å². The van der Waals surface area contributed by atoms with Crippen LogP contribution < -0.4 is 10.0 Å². The van der Waals surface area contributed by atoms with Gasteiger partial charge in [-0.05, 0) is 12.1 Å². The molecule has 21 heavy (non-hydrogen) atoms. The minimum Gasteiger partial charge on any atom is -0.383 e. The molecule has 0 saturated heterocycles. The lowest BCUT2D eigenvalue weighted by molar-refractivity contribution is -0.390. The molecule has 1 aromatic rings. The average molecular weight is 321 g/mol. The van der Waals surface area contributed by atoms with Gasteiger partial charge in [0.25, 0.3) is 0 Å². The fourth-order valence-electron chi connectivity index (χ4n) is 1.54. The van der Waals surface area contributed by atoms with Crippen molar-refractivity contribution in [3.63, 3.8) is 0 Å². The highest BCUT2D eigenvalue weighted by Crippen LogP contribution is 2.26. The van der Waals surface area contributed by atoms with Gasteiger partial charge in [-0.3, -0.25) is 10.1 Å². The SMILES string of the molecule is COCCNCCNS(=O)(=O)c1cccc(F)c1[N+](=O)[O-]. The van der Waals surface area contributed by atoms with Crippen molar-refractivity contribution in [1.82, 2.24) is 10.0 Å². The Morgan fingerprint density at radius 1 is 1.33 bits per heavy atom. The zero-order chi connectivity index (χ0) is 15.9. The van der Waals surface area contributed by atoms with E-state index in [9.17, 15) is 22.9 Å². The van der Waals surface area contributed by atoms with Gasteiger partial charge in [-0.1, -0.05) is 6.07 Å². The molecule has 0 aliphatic rings. The number of hydrogen-bond acceptors (Lipinski definition) is 6. The van der Waals surface area contributed by atoms with Gasteiger partial charge in [0, 0.05) is 26.7 Å². The molecule has 1 rings (SSSR count). The molecule has 8 nitrogen and oxygen atoms in total. The van der Waals surface area contributed by atoms with Gasteiger partial charge in [0.2, 0.25) is 15.8 Å². The van der Waals surface area contributed by atoms with E-state index in [0.717, 1.165) is 18.2 Å². The van der Waals surface area contributed by atoms with Gasteiger partial charge in [-0.25, -0.2) is 13.1 Å². The van der Waals surface area contributed by atoms with Crippen LogP contribution in [0.1, 0.15) is 0 Å². The first-order chi connectivity index (χ1) is 9.90. The van der Waals surface area contributed by atoms with Crippen LogP contribution in [0, 0.1) is 15.9 Å². The average Bonchev–Trinajstić information content (AvgIpc) is 2.42. The van der Waals surface area contributed by atoms with Crippen molar-refractivity contribution in [3.05, 3.63) is 34.1 Å². The summed E-state index contributed by atoms with van der Waals surface area (Å²) in [5.74, 6) is -1.19. The summed E-state index contributed by atoms with van der Waals surface area (Å²) in [6.07, 6.45) is 0. The van der Waals surface area contributed by atoms with Crippen molar-refractivity contribution in [2.45, 2.75) is 4.90 Å². The van der Waals surface area contributed by atoms with Crippen molar-refractivity contribution < 1.29 is 22.5 Å². The van der Waals surface area contributed by atoms with Gasteiger partial charge in [-0.2, -0.15) is 4.39 Å². The third-order valence-electron chi connectivity index (χ3n) is 2.50. The maximum Gasteiger partial charge on any atom is 0.324 e. The van der Waals surface area contributed by atoms with Crippen LogP contribution in [-0.4, -0.2) is 46.7 Å². The number of benzene rings is 1. The van der Waals surface area contributed by atoms with Gasteiger partial charge >= 0.3 is 5.69 Å². The highest BCUT2D eigenvalue weighted by atomic mass is 32.2. The number of rotatable bonds is 9. The molecule has 2 N–H and O–H groups in total. The summed E-state index contributed by atoms with van der Waals surface area (Å²) in [5, 5.41) is 13.7. The van der Waals surface area contributed by atoms with Crippen molar-refractivity contribution in [2.75, 3.05) is 33.4 Å². The molecule has 0 atom stereocenters. The lowest BCUT2D eigenvalue weighted by atomic mass is 10.3. The van der Waals surface area contributed by atoms with Crippen LogP contribution in [0.3, 0.4) is 0 Å². The molecule has 0 aliphatic heterocycles. The quantitative estimate of drug-likeness (QED) is 0.383. The topological polar surface area (TPSA) is 111 Å². The summed E-state index contributed by atoms with van der Waals surface area (Å²) in [5.41, 5.74) is -1.06. The van der Waals surface area contributed by atoms with Gasteiger partial charge in [0.05, 0.1) is 11.5 Å². The standard InChI is InChI=1S/C11H16FN3O5S/c1-20-8-7-13-5-6-14-21(18,19)10-4-2-3-9(12)11(10)15(16)17/h2-4,13-14H,5-8H2,1H3. The Morgan fingerprint density at radius 2 is 2.05 bits per heavy atom. The molecule has 118 valence electrons. The van der Waals surface area contributed by atoms with E-state index in [-0.39, 0.29) is 6.54 Å². The van der Waals surface area contributed by atoms with Crippen LogP contribution in [-0.2, 0) is 14.8 Å². The second-order valence-electron chi connectivity index (χ2n) is 3.98. The number of nitro groups is 1. The Balaban J connectivity index is 2.75. The number of nitrogens with zero attached hydrogens (tertiary/aromatic N) is 1. The van der Waals surface area contributed by atoms with Crippen molar-refractivity contribution in [2.24, 2.45) is 0 Å². The molecule has 0 unspecified atom stereocenters. The summed E-state index contributed by atoms with van der Waals surface area (Å²) in [6, 6.07) is 2.93. The van der Waals surface area contributed by atoms with Crippen LogP contribution in [0.2, 0.25) is 0 Å². The Bertz CT molecular complexity index is 594. The molecule has 0 radical (unpaired) electrons. The smallest absolute Gasteiger partial charge is 0.324 e. The molecular weight excluding hydrogens is 305 g/mol. The molecule has 0 fully saturated rings. The monoisotopic (exact) mass is 321 g/mol. The summed E-state index contributed by atoms with van der Waals surface area (Å²) in [6.45, 7) is 1.34. The fourth-order valence-corrected chi connectivity index (χ4v) is 2.75. The largest absolute Gasteiger partial charge is 0.383 e. The first kappa shape index (κ1) is 17.4. The molecule has 10 heteroatoms. The zero-order valence-corrected chi connectivity index (χ0v) is 12.2. The highest BCUT2D eigenvalue weighted by molar-refractivity contribution is 7.89. The van der Waals surface area contributed by atoms with Crippen LogP contribution in [0.5, 0.6) is 0 Å². The number of nitro benzene ring substituents is 1. The number of nitrogens with one attached hydrogen (secondary N) is 2. The fraction of sp³-hybridized carbons (Fsp3) is 0.455. The number of hydrogen-bond donors (Lipinski definition) is 2. The lowest BCUT2D eigenvalue weighted by Crippen LogP contribution is -2.33. The van der Waals surface area contributed by atoms with Crippen LogP contribution in [0.4, 0.5) is 10.1 Å². The number of halogens is 1. The molecule has 0 bridgehead atoms. The number of para-hydroxylation sites is 1. The second kappa shape index (κ2) is 7.98. The van der Waals surface area contributed by atoms with E-state index in [1.807, 2.05) is 0 Å². The molecule has 1 aromatic carbocycles. The first-order valence-corrected chi connectivity index (χ1v) is 7.50. The molecule has 0 amide bonds. The summed E-state index contributed by atoms with van der Waals surface area (Å²) in [7, 11) is -2.62. The van der Waals surface area contributed by atoms with Gasteiger partial charge in [-0.15, -0.1) is 0 Å². The number of methoxy groups -OCH3 is 1. The van der Waals surface area contributed by atoms with E-state index < -0.39 is 31.3 Å². The molecule has 0 aromatic heterocycles. The van der Waals surface area contributed by atoms with E-state index in [1.54, 1.807) is 0 Å². The minimum absolute atomic E-state index is 0.0136. The molecule has 0 heterocycles. The van der Waals surface area contributed by atoms with Crippen LogP contribution in [0.25, 0.3) is 0 Å². The Labute approximate surface area is 121 Å². The Hall–Kier alpha value is -1.62. The normalized spacial score (nSPS) is 11.5. The summed E-state index contributed by atoms with van der Waals surface area (Å²) in [4.78, 5) is 9.04. The van der Waals surface area contributed by atoms with Gasteiger partial charge in [0.1, 0.15) is 0 Å². The van der Waals surface area contributed by atoms with E-state index in [4.69, 9.17) is 4.74 Å². The predicted octanol–water partition coefficient (Wildman–Crippen LogP) is 0.248. The van der Waals surface area contributed by atoms with E-state index >= 15 is 0 Å². The third-order valence-corrected chi connectivity index (χ3v) is 3.99. The van der Waals surface area contributed by atoms with Crippen molar-refractivity contribution >= 4 is 15.7 Å². The van der Waals surface area contributed by atoms with Crippen molar-refractivity contribution in [1.29, 1.82) is 0 Å². The highest BCUT2D eigenvalue weighted by Gasteiger charge is 2.28. The second-order valence-corrected chi connectivity index (χ2v) is 5.72. The maximum absolute atomic E-state index is 13.4.